The fourth-order valence-corrected chi connectivity index (χ4v) is 1.23. The summed E-state index contributed by atoms with van der Waals surface area (Å²) in [7, 11) is 0. The zero-order valence-electron chi connectivity index (χ0n) is 8.53. The van der Waals surface area contributed by atoms with Crippen LogP contribution < -0.4 is 0 Å². The van der Waals surface area contributed by atoms with Gasteiger partial charge in [-0.25, -0.2) is 9.78 Å². The van der Waals surface area contributed by atoms with Gasteiger partial charge in [0.05, 0.1) is 6.61 Å². The van der Waals surface area contributed by atoms with Crippen LogP contribution in [0.25, 0.3) is 0 Å². The minimum absolute atomic E-state index is 0.287. The van der Waals surface area contributed by atoms with Gasteiger partial charge < -0.3 is 4.74 Å². The summed E-state index contributed by atoms with van der Waals surface area (Å²) in [4.78, 5) is 14.9. The van der Waals surface area contributed by atoms with Crippen LogP contribution in [0.1, 0.15) is 36.3 Å². The zero-order chi connectivity index (χ0) is 11.0. The second-order valence-corrected chi connectivity index (χ2v) is 2.76. The fourth-order valence-electron chi connectivity index (χ4n) is 0.639. The predicted molar refractivity (Wildman–Crippen MR) is 57.4 cm³/mol. The molecule has 1 aromatic heterocycles. The zero-order valence-corrected chi connectivity index (χ0v) is 9.35. The van der Waals surface area contributed by atoms with Gasteiger partial charge in [-0.1, -0.05) is 13.8 Å². The Hall–Kier alpha value is -1.34. The highest BCUT2D eigenvalue weighted by Crippen LogP contribution is 2.08. The highest BCUT2D eigenvalue weighted by atomic mass is 32.1. The molecule has 4 heteroatoms. The van der Waals surface area contributed by atoms with Crippen LogP contribution >= 0.6 is 11.3 Å². The monoisotopic (exact) mass is 211 g/mol. The van der Waals surface area contributed by atoms with Crippen LogP contribution in [0.5, 0.6) is 0 Å². The standard InChI is InChI=1S/C8H7NO2S.C2H6/c1-3-7-9-6(5-12-7)8(10)11-4-2;1-2/h1,5H,4H2,2H3;1-2H3. The summed E-state index contributed by atoms with van der Waals surface area (Å²) in [6.45, 7) is 6.09. The molecule has 0 aliphatic carbocycles. The molecular formula is C10H13NO2S. The van der Waals surface area contributed by atoms with Crippen LogP contribution in [0, 0.1) is 12.3 Å². The van der Waals surface area contributed by atoms with Gasteiger partial charge in [0.2, 0.25) is 0 Å². The summed E-state index contributed by atoms with van der Waals surface area (Å²) in [5.41, 5.74) is 0.287. The molecule has 0 aliphatic heterocycles. The van der Waals surface area contributed by atoms with E-state index in [1.807, 2.05) is 13.8 Å². The van der Waals surface area contributed by atoms with Crippen LogP contribution in [-0.4, -0.2) is 17.6 Å². The van der Waals surface area contributed by atoms with E-state index in [-0.39, 0.29) is 5.69 Å². The van der Waals surface area contributed by atoms with Gasteiger partial charge >= 0.3 is 5.97 Å². The lowest BCUT2D eigenvalue weighted by Gasteiger charge is -1.95. The molecule has 0 radical (unpaired) electrons. The third-order valence-corrected chi connectivity index (χ3v) is 1.89. The van der Waals surface area contributed by atoms with Gasteiger partial charge in [-0.2, -0.15) is 0 Å². The van der Waals surface area contributed by atoms with Crippen LogP contribution in [0.3, 0.4) is 0 Å². The van der Waals surface area contributed by atoms with Gasteiger partial charge in [0.25, 0.3) is 0 Å². The Balaban J connectivity index is 0.000000791. The first-order valence-corrected chi connectivity index (χ1v) is 5.25. The quantitative estimate of drug-likeness (QED) is 0.556. The highest BCUT2D eigenvalue weighted by Gasteiger charge is 2.09. The average molecular weight is 211 g/mol. The molecule has 1 aromatic rings. The first-order valence-electron chi connectivity index (χ1n) is 4.37. The molecule has 0 fully saturated rings. The van der Waals surface area contributed by atoms with Gasteiger partial charge in [-0.3, -0.25) is 0 Å². The Labute approximate surface area is 88.1 Å². The third-order valence-electron chi connectivity index (χ3n) is 1.11. The molecule has 0 spiro atoms. The number of thiazole rings is 1. The Morgan fingerprint density at radius 2 is 2.36 bits per heavy atom. The molecule has 1 rings (SSSR count). The van der Waals surface area contributed by atoms with E-state index >= 15 is 0 Å². The maximum absolute atomic E-state index is 11.0. The normalized spacial score (nSPS) is 8.14. The number of ether oxygens (including phenoxy) is 1. The van der Waals surface area contributed by atoms with Gasteiger partial charge in [-0.15, -0.1) is 17.8 Å². The maximum atomic E-state index is 11.0. The summed E-state index contributed by atoms with van der Waals surface area (Å²) in [5, 5.41) is 2.09. The maximum Gasteiger partial charge on any atom is 0.357 e. The molecule has 0 aliphatic rings. The lowest BCUT2D eigenvalue weighted by molar-refractivity contribution is 0.0520. The number of nitrogens with zero attached hydrogens (tertiary/aromatic N) is 1. The molecule has 0 N–H and O–H groups in total. The van der Waals surface area contributed by atoms with Crippen molar-refractivity contribution in [1.29, 1.82) is 0 Å². The second-order valence-electron chi connectivity index (χ2n) is 1.90. The van der Waals surface area contributed by atoms with Crippen LogP contribution in [0.15, 0.2) is 5.38 Å². The Kier molecular flexibility index (Phi) is 6.42. The van der Waals surface area contributed by atoms with E-state index in [2.05, 4.69) is 10.9 Å². The van der Waals surface area contributed by atoms with Crippen LogP contribution in [0.2, 0.25) is 0 Å². The number of carbonyl (C=O) groups is 1. The average Bonchev–Trinajstić information content (AvgIpc) is 2.69. The number of esters is 1. The molecule has 0 bridgehead atoms. The van der Waals surface area contributed by atoms with Crippen molar-refractivity contribution < 1.29 is 9.53 Å². The number of hydrogen-bond acceptors (Lipinski definition) is 4. The summed E-state index contributed by atoms with van der Waals surface area (Å²) in [5.74, 6) is 1.92. The van der Waals surface area contributed by atoms with Crippen molar-refractivity contribution in [2.45, 2.75) is 20.8 Å². The van der Waals surface area contributed by atoms with E-state index in [4.69, 9.17) is 11.2 Å². The van der Waals surface area contributed by atoms with Crippen molar-refractivity contribution in [3.63, 3.8) is 0 Å². The fraction of sp³-hybridized carbons (Fsp3) is 0.400. The molecule has 0 saturated heterocycles. The summed E-state index contributed by atoms with van der Waals surface area (Å²) in [6, 6.07) is 0. The number of carbonyl (C=O) groups excluding carboxylic acids is 1. The van der Waals surface area contributed by atoms with Gasteiger partial charge in [0.1, 0.15) is 0 Å². The summed E-state index contributed by atoms with van der Waals surface area (Å²) < 4.78 is 4.72. The van der Waals surface area contributed by atoms with E-state index in [9.17, 15) is 4.79 Å². The Bertz CT molecular complexity index is 325. The number of hydrogen-bond donors (Lipinski definition) is 0. The van der Waals surface area contributed by atoms with E-state index < -0.39 is 5.97 Å². The SMILES string of the molecule is C#Cc1nc(C(=O)OCC)cs1.CC. The first-order chi connectivity index (χ1) is 6.77. The van der Waals surface area contributed by atoms with E-state index in [0.717, 1.165) is 0 Å². The van der Waals surface area contributed by atoms with E-state index in [1.165, 1.54) is 11.3 Å². The minimum Gasteiger partial charge on any atom is -0.461 e. The minimum atomic E-state index is -0.421. The van der Waals surface area contributed by atoms with Crippen molar-refractivity contribution in [1.82, 2.24) is 4.98 Å². The second kappa shape index (κ2) is 7.10. The topological polar surface area (TPSA) is 39.2 Å². The molecular weight excluding hydrogens is 198 g/mol. The number of aromatic nitrogens is 1. The molecule has 0 atom stereocenters. The molecule has 0 saturated carbocycles. The largest absolute Gasteiger partial charge is 0.461 e. The van der Waals surface area contributed by atoms with Crippen molar-refractivity contribution in [2.24, 2.45) is 0 Å². The summed E-state index contributed by atoms with van der Waals surface area (Å²) >= 11 is 1.26. The molecule has 1 heterocycles. The van der Waals surface area contributed by atoms with Crippen LogP contribution in [0.4, 0.5) is 0 Å². The van der Waals surface area contributed by atoms with Crippen LogP contribution in [-0.2, 0) is 4.74 Å². The van der Waals surface area contributed by atoms with Gasteiger partial charge in [0, 0.05) is 5.38 Å². The molecule has 0 unspecified atom stereocenters. The third kappa shape index (κ3) is 3.58. The van der Waals surface area contributed by atoms with Crippen molar-refractivity contribution >= 4 is 17.3 Å². The molecule has 0 aromatic carbocycles. The van der Waals surface area contributed by atoms with Gasteiger partial charge in [-0.05, 0) is 12.8 Å². The van der Waals surface area contributed by atoms with Crippen molar-refractivity contribution in [2.75, 3.05) is 6.61 Å². The highest BCUT2D eigenvalue weighted by molar-refractivity contribution is 7.10. The molecule has 0 amide bonds. The Morgan fingerprint density at radius 3 is 2.79 bits per heavy atom. The lowest BCUT2D eigenvalue weighted by Crippen LogP contribution is -2.04. The first kappa shape index (κ1) is 12.7. The van der Waals surface area contributed by atoms with E-state index in [1.54, 1.807) is 12.3 Å². The molecule has 76 valence electrons. The predicted octanol–water partition coefficient (Wildman–Crippen LogP) is 2.33. The van der Waals surface area contributed by atoms with Gasteiger partial charge in [0.15, 0.2) is 10.7 Å². The smallest absolute Gasteiger partial charge is 0.357 e. The van der Waals surface area contributed by atoms with Crippen molar-refractivity contribution in [3.05, 3.63) is 16.1 Å². The summed E-state index contributed by atoms with van der Waals surface area (Å²) in [6.07, 6.45) is 5.08. The van der Waals surface area contributed by atoms with E-state index in [0.29, 0.717) is 11.6 Å². The number of rotatable bonds is 2. The molecule has 3 nitrogen and oxygen atoms in total. The van der Waals surface area contributed by atoms with Crippen molar-refractivity contribution in [3.8, 4) is 12.3 Å². The number of terminal acetylenes is 1. The lowest BCUT2D eigenvalue weighted by atomic mass is 10.5. The molecule has 14 heavy (non-hydrogen) atoms. The Morgan fingerprint density at radius 1 is 1.71 bits per heavy atom.